The van der Waals surface area contributed by atoms with Crippen molar-refractivity contribution in [3.63, 3.8) is 0 Å². The molecule has 98 valence electrons. The first kappa shape index (κ1) is 12.7. The first-order valence-electron chi connectivity index (χ1n) is 6.77. The fourth-order valence-corrected chi connectivity index (χ4v) is 3.14. The van der Waals surface area contributed by atoms with Crippen LogP contribution in [0.2, 0.25) is 5.02 Å². The third-order valence-corrected chi connectivity index (χ3v) is 4.26. The summed E-state index contributed by atoms with van der Waals surface area (Å²) in [5.41, 5.74) is 3.63. The average Bonchev–Trinajstić information content (AvgIpc) is 2.47. The Morgan fingerprint density at radius 1 is 1.05 bits per heavy atom. The second-order valence-electron chi connectivity index (χ2n) is 5.19. The molecule has 3 rings (SSSR count). The van der Waals surface area contributed by atoms with E-state index in [9.17, 15) is 5.11 Å². The molecule has 2 aromatic carbocycles. The topological polar surface area (TPSA) is 20.2 Å². The lowest BCUT2D eigenvalue weighted by atomic mass is 9.78. The van der Waals surface area contributed by atoms with Crippen LogP contribution in [0.4, 0.5) is 0 Å². The van der Waals surface area contributed by atoms with Crippen LogP contribution in [0.5, 0.6) is 0 Å². The zero-order chi connectivity index (χ0) is 13.2. The Morgan fingerprint density at radius 3 is 2.58 bits per heavy atom. The highest BCUT2D eigenvalue weighted by Crippen LogP contribution is 2.40. The second kappa shape index (κ2) is 5.36. The molecule has 1 N–H and O–H groups in total. The molecule has 19 heavy (non-hydrogen) atoms. The van der Waals surface area contributed by atoms with E-state index in [1.54, 1.807) is 0 Å². The fourth-order valence-electron chi connectivity index (χ4n) is 3.01. The van der Waals surface area contributed by atoms with E-state index in [0.29, 0.717) is 5.02 Å². The minimum absolute atomic E-state index is 0.200. The van der Waals surface area contributed by atoms with E-state index in [0.717, 1.165) is 24.8 Å². The number of aryl methyl sites for hydroxylation is 1. The number of aliphatic hydroxyl groups excluding tert-OH is 1. The maximum Gasteiger partial charge on any atom is 0.0858 e. The number of hydrogen-bond acceptors (Lipinski definition) is 1. The Bertz CT molecular complexity index is 562. The van der Waals surface area contributed by atoms with Crippen molar-refractivity contribution in [3.05, 3.63) is 70.2 Å². The van der Waals surface area contributed by atoms with Gasteiger partial charge in [0.1, 0.15) is 0 Å². The quantitative estimate of drug-likeness (QED) is 0.854. The van der Waals surface area contributed by atoms with Gasteiger partial charge in [0, 0.05) is 10.9 Å². The number of fused-ring (bicyclic) bond motifs is 1. The van der Waals surface area contributed by atoms with Gasteiger partial charge in [-0.05, 0) is 48.1 Å². The van der Waals surface area contributed by atoms with Gasteiger partial charge >= 0.3 is 0 Å². The molecule has 1 nitrogen and oxygen atoms in total. The van der Waals surface area contributed by atoms with E-state index in [-0.39, 0.29) is 5.92 Å². The first-order valence-corrected chi connectivity index (χ1v) is 7.15. The van der Waals surface area contributed by atoms with Crippen LogP contribution in [-0.4, -0.2) is 5.11 Å². The van der Waals surface area contributed by atoms with E-state index in [2.05, 4.69) is 24.3 Å². The smallest absolute Gasteiger partial charge is 0.0858 e. The van der Waals surface area contributed by atoms with Crippen molar-refractivity contribution in [3.8, 4) is 0 Å². The summed E-state index contributed by atoms with van der Waals surface area (Å²) in [6.45, 7) is 0. The molecule has 0 fully saturated rings. The highest BCUT2D eigenvalue weighted by atomic mass is 35.5. The minimum Gasteiger partial charge on any atom is -0.388 e. The number of halogens is 1. The number of hydrogen-bond donors (Lipinski definition) is 1. The van der Waals surface area contributed by atoms with Gasteiger partial charge in [0.25, 0.3) is 0 Å². The SMILES string of the molecule is OC(c1ccc(Cl)cc1)C1CCCc2ccccc21. The number of aliphatic hydroxyl groups is 1. The van der Waals surface area contributed by atoms with Crippen molar-refractivity contribution >= 4 is 11.6 Å². The Balaban J connectivity index is 1.92. The van der Waals surface area contributed by atoms with Crippen LogP contribution in [0.1, 0.15) is 41.6 Å². The molecule has 2 unspecified atom stereocenters. The molecule has 0 saturated heterocycles. The van der Waals surface area contributed by atoms with E-state index >= 15 is 0 Å². The van der Waals surface area contributed by atoms with E-state index < -0.39 is 6.10 Å². The van der Waals surface area contributed by atoms with Crippen molar-refractivity contribution in [1.82, 2.24) is 0 Å². The lowest BCUT2D eigenvalue weighted by Crippen LogP contribution is -2.17. The van der Waals surface area contributed by atoms with Crippen LogP contribution in [-0.2, 0) is 6.42 Å². The summed E-state index contributed by atoms with van der Waals surface area (Å²) in [4.78, 5) is 0. The van der Waals surface area contributed by atoms with Crippen LogP contribution in [0.3, 0.4) is 0 Å². The molecule has 2 aromatic rings. The monoisotopic (exact) mass is 272 g/mol. The largest absolute Gasteiger partial charge is 0.388 e. The molecular weight excluding hydrogens is 256 g/mol. The van der Waals surface area contributed by atoms with Gasteiger partial charge in [-0.15, -0.1) is 0 Å². The molecule has 0 heterocycles. The van der Waals surface area contributed by atoms with Gasteiger partial charge in [-0.3, -0.25) is 0 Å². The van der Waals surface area contributed by atoms with Gasteiger partial charge in [0.2, 0.25) is 0 Å². The summed E-state index contributed by atoms with van der Waals surface area (Å²) in [6.07, 6.45) is 2.87. The van der Waals surface area contributed by atoms with Crippen LogP contribution in [0.25, 0.3) is 0 Å². The lowest BCUT2D eigenvalue weighted by Gasteiger charge is -2.29. The third kappa shape index (κ3) is 2.54. The molecule has 0 saturated carbocycles. The molecular formula is C17H17ClO. The first-order chi connectivity index (χ1) is 9.25. The molecule has 2 atom stereocenters. The second-order valence-corrected chi connectivity index (χ2v) is 5.63. The molecule has 0 aromatic heterocycles. The molecule has 0 bridgehead atoms. The Morgan fingerprint density at radius 2 is 1.79 bits per heavy atom. The van der Waals surface area contributed by atoms with Crippen LogP contribution >= 0.6 is 11.6 Å². The number of rotatable bonds is 2. The summed E-state index contributed by atoms with van der Waals surface area (Å²) in [5.74, 6) is 0.200. The summed E-state index contributed by atoms with van der Waals surface area (Å²) in [6, 6.07) is 16.0. The average molecular weight is 273 g/mol. The van der Waals surface area contributed by atoms with Crippen molar-refractivity contribution in [2.45, 2.75) is 31.3 Å². The normalized spacial score (nSPS) is 19.8. The summed E-state index contributed by atoms with van der Waals surface area (Å²) < 4.78 is 0. The molecule has 0 amide bonds. The van der Waals surface area contributed by atoms with Crippen LogP contribution in [0.15, 0.2) is 48.5 Å². The predicted octanol–water partition coefficient (Wildman–Crippen LogP) is 4.49. The molecule has 0 spiro atoms. The molecule has 1 aliphatic carbocycles. The Labute approximate surface area is 118 Å². The number of benzene rings is 2. The summed E-state index contributed by atoms with van der Waals surface area (Å²) in [5, 5.41) is 11.3. The van der Waals surface area contributed by atoms with E-state index in [1.165, 1.54) is 11.1 Å². The van der Waals surface area contributed by atoms with Gasteiger partial charge in [-0.25, -0.2) is 0 Å². The summed E-state index contributed by atoms with van der Waals surface area (Å²) in [7, 11) is 0. The Hall–Kier alpha value is -1.31. The maximum absolute atomic E-state index is 10.6. The van der Waals surface area contributed by atoms with Crippen LogP contribution in [0, 0.1) is 0 Å². The maximum atomic E-state index is 10.6. The van der Waals surface area contributed by atoms with Crippen molar-refractivity contribution in [1.29, 1.82) is 0 Å². The minimum atomic E-state index is -0.446. The molecule has 0 radical (unpaired) electrons. The molecule has 0 aliphatic heterocycles. The van der Waals surface area contributed by atoms with Gasteiger partial charge in [0.15, 0.2) is 0 Å². The Kier molecular flexibility index (Phi) is 3.58. The van der Waals surface area contributed by atoms with Gasteiger partial charge in [0.05, 0.1) is 6.10 Å². The van der Waals surface area contributed by atoms with Gasteiger partial charge < -0.3 is 5.11 Å². The van der Waals surface area contributed by atoms with Crippen LogP contribution < -0.4 is 0 Å². The molecule has 2 heteroatoms. The lowest BCUT2D eigenvalue weighted by molar-refractivity contribution is 0.136. The van der Waals surface area contributed by atoms with Crippen molar-refractivity contribution < 1.29 is 5.11 Å². The van der Waals surface area contributed by atoms with Gasteiger partial charge in [-0.1, -0.05) is 48.0 Å². The summed E-state index contributed by atoms with van der Waals surface area (Å²) >= 11 is 5.90. The zero-order valence-corrected chi connectivity index (χ0v) is 11.5. The van der Waals surface area contributed by atoms with E-state index in [1.807, 2.05) is 24.3 Å². The molecule has 1 aliphatic rings. The predicted molar refractivity (Wildman–Crippen MR) is 78.5 cm³/mol. The highest BCUT2D eigenvalue weighted by molar-refractivity contribution is 6.30. The highest BCUT2D eigenvalue weighted by Gasteiger charge is 2.27. The fraction of sp³-hybridized carbons (Fsp3) is 0.294. The van der Waals surface area contributed by atoms with E-state index in [4.69, 9.17) is 11.6 Å². The third-order valence-electron chi connectivity index (χ3n) is 4.01. The zero-order valence-electron chi connectivity index (χ0n) is 10.7. The van der Waals surface area contributed by atoms with Crippen molar-refractivity contribution in [2.24, 2.45) is 0 Å². The van der Waals surface area contributed by atoms with Gasteiger partial charge in [-0.2, -0.15) is 0 Å². The van der Waals surface area contributed by atoms with Crippen molar-refractivity contribution in [2.75, 3.05) is 0 Å². The standard InChI is InChI=1S/C17H17ClO/c18-14-10-8-13(9-11-14)17(19)16-7-3-5-12-4-1-2-6-15(12)16/h1-2,4,6,8-11,16-17,19H,3,5,7H2.